The van der Waals surface area contributed by atoms with E-state index in [-0.39, 0.29) is 0 Å². The maximum Gasteiger partial charge on any atom is 0.138 e. The third-order valence-corrected chi connectivity index (χ3v) is 3.60. The molecule has 0 spiro atoms. The highest BCUT2D eigenvalue weighted by molar-refractivity contribution is 7.11. The number of hydrogen-bond donors (Lipinski definition) is 1. The van der Waals surface area contributed by atoms with E-state index in [9.17, 15) is 0 Å². The van der Waals surface area contributed by atoms with Gasteiger partial charge in [-0.1, -0.05) is 17.7 Å². The zero-order chi connectivity index (χ0) is 13.0. The van der Waals surface area contributed by atoms with Crippen LogP contribution in [0.1, 0.15) is 15.4 Å². The molecule has 1 aromatic heterocycles. The minimum Gasteiger partial charge on any atom is -0.486 e. The van der Waals surface area contributed by atoms with Crippen LogP contribution >= 0.6 is 22.9 Å². The third-order valence-electron chi connectivity index (χ3n) is 2.42. The molecule has 0 radical (unpaired) electrons. The summed E-state index contributed by atoms with van der Waals surface area (Å²) in [6.07, 6.45) is 1.84. The van der Waals surface area contributed by atoms with Crippen LogP contribution in [0, 0.1) is 6.92 Å². The van der Waals surface area contributed by atoms with Crippen molar-refractivity contribution in [3.8, 4) is 5.75 Å². The lowest BCUT2D eigenvalue weighted by atomic mass is 10.2. The van der Waals surface area contributed by atoms with E-state index in [0.29, 0.717) is 17.4 Å². The van der Waals surface area contributed by atoms with E-state index < -0.39 is 0 Å². The molecule has 0 fully saturated rings. The van der Waals surface area contributed by atoms with E-state index >= 15 is 0 Å². The first kappa shape index (κ1) is 13.3. The minimum absolute atomic E-state index is 0.511. The largest absolute Gasteiger partial charge is 0.486 e. The van der Waals surface area contributed by atoms with Gasteiger partial charge in [-0.2, -0.15) is 0 Å². The Bertz CT molecular complexity index is 527. The summed E-state index contributed by atoms with van der Waals surface area (Å²) in [5, 5.41) is 4.77. The Morgan fingerprint density at radius 2 is 2.28 bits per heavy atom. The molecule has 1 heterocycles. The van der Waals surface area contributed by atoms with Crippen molar-refractivity contribution in [1.82, 2.24) is 10.3 Å². The Morgan fingerprint density at radius 3 is 2.89 bits per heavy atom. The first-order chi connectivity index (χ1) is 8.69. The lowest BCUT2D eigenvalue weighted by Gasteiger charge is -2.08. The molecule has 18 heavy (non-hydrogen) atoms. The van der Waals surface area contributed by atoms with E-state index in [1.807, 2.05) is 38.4 Å². The van der Waals surface area contributed by atoms with Gasteiger partial charge in [-0.15, -0.1) is 11.3 Å². The maximum atomic E-state index is 6.17. The second kappa shape index (κ2) is 6.18. The molecular weight excluding hydrogens is 268 g/mol. The SMILES string of the molecule is CNCc1ccc(OCc2cnc(C)s2)c(Cl)c1. The van der Waals surface area contributed by atoms with E-state index in [0.717, 1.165) is 22.0 Å². The van der Waals surface area contributed by atoms with Crippen LogP contribution in [0.15, 0.2) is 24.4 Å². The van der Waals surface area contributed by atoms with Gasteiger partial charge in [0.25, 0.3) is 0 Å². The van der Waals surface area contributed by atoms with Crippen molar-refractivity contribution < 1.29 is 4.74 Å². The highest BCUT2D eigenvalue weighted by atomic mass is 35.5. The minimum atomic E-state index is 0.511. The van der Waals surface area contributed by atoms with E-state index in [1.165, 1.54) is 0 Å². The molecule has 2 aromatic rings. The number of ether oxygens (including phenoxy) is 1. The summed E-state index contributed by atoms with van der Waals surface area (Å²) >= 11 is 7.81. The molecule has 0 atom stereocenters. The quantitative estimate of drug-likeness (QED) is 0.913. The molecule has 0 unspecified atom stereocenters. The molecule has 1 N–H and O–H groups in total. The highest BCUT2D eigenvalue weighted by Crippen LogP contribution is 2.26. The van der Waals surface area contributed by atoms with Gasteiger partial charge in [0.1, 0.15) is 12.4 Å². The van der Waals surface area contributed by atoms with Crippen LogP contribution in [0.5, 0.6) is 5.75 Å². The zero-order valence-electron chi connectivity index (χ0n) is 10.4. The lowest BCUT2D eigenvalue weighted by molar-refractivity contribution is 0.309. The Hall–Kier alpha value is -1.10. The number of rotatable bonds is 5. The fraction of sp³-hybridized carbons (Fsp3) is 0.308. The van der Waals surface area contributed by atoms with Crippen LogP contribution in [-0.4, -0.2) is 12.0 Å². The number of thiazole rings is 1. The highest BCUT2D eigenvalue weighted by Gasteiger charge is 2.05. The molecule has 0 amide bonds. The molecule has 5 heteroatoms. The van der Waals surface area contributed by atoms with Gasteiger partial charge in [0, 0.05) is 12.7 Å². The summed E-state index contributed by atoms with van der Waals surface area (Å²) in [5.74, 6) is 0.711. The van der Waals surface area contributed by atoms with Gasteiger partial charge in [-0.05, 0) is 31.7 Å². The van der Waals surface area contributed by atoms with Crippen molar-refractivity contribution in [3.05, 3.63) is 44.9 Å². The number of hydrogen-bond acceptors (Lipinski definition) is 4. The molecule has 3 nitrogen and oxygen atoms in total. The van der Waals surface area contributed by atoms with Gasteiger partial charge >= 0.3 is 0 Å². The van der Waals surface area contributed by atoms with Crippen molar-refractivity contribution >= 4 is 22.9 Å². The van der Waals surface area contributed by atoms with Crippen LogP contribution in [0.4, 0.5) is 0 Å². The van der Waals surface area contributed by atoms with Crippen molar-refractivity contribution in [2.24, 2.45) is 0 Å². The molecule has 0 bridgehead atoms. The van der Waals surface area contributed by atoms with Crippen molar-refractivity contribution in [1.29, 1.82) is 0 Å². The summed E-state index contributed by atoms with van der Waals surface area (Å²) in [6.45, 7) is 3.29. The normalized spacial score (nSPS) is 10.6. The Kier molecular flexibility index (Phi) is 4.58. The third kappa shape index (κ3) is 3.45. The molecule has 1 aromatic carbocycles. The zero-order valence-corrected chi connectivity index (χ0v) is 11.9. The van der Waals surface area contributed by atoms with E-state index in [4.69, 9.17) is 16.3 Å². The Labute approximate surface area is 116 Å². The fourth-order valence-electron chi connectivity index (χ4n) is 1.60. The van der Waals surface area contributed by atoms with Gasteiger partial charge in [-0.3, -0.25) is 0 Å². The number of aryl methyl sites for hydroxylation is 1. The van der Waals surface area contributed by atoms with Crippen LogP contribution in [0.25, 0.3) is 0 Å². The average Bonchev–Trinajstić information content (AvgIpc) is 2.74. The first-order valence-electron chi connectivity index (χ1n) is 5.66. The molecular formula is C13H15ClN2OS. The Balaban J connectivity index is 2.01. The van der Waals surface area contributed by atoms with E-state index in [1.54, 1.807) is 11.3 Å². The lowest BCUT2D eigenvalue weighted by Crippen LogP contribution is -2.05. The topological polar surface area (TPSA) is 34.1 Å². The Morgan fingerprint density at radius 1 is 1.44 bits per heavy atom. The van der Waals surface area contributed by atoms with Crippen molar-refractivity contribution in [2.75, 3.05) is 7.05 Å². The first-order valence-corrected chi connectivity index (χ1v) is 6.85. The summed E-state index contributed by atoms with van der Waals surface area (Å²) in [6, 6.07) is 5.84. The smallest absolute Gasteiger partial charge is 0.138 e. The summed E-state index contributed by atoms with van der Waals surface area (Å²) in [4.78, 5) is 5.29. The maximum absolute atomic E-state index is 6.17. The summed E-state index contributed by atoms with van der Waals surface area (Å²) < 4.78 is 5.69. The predicted molar refractivity (Wildman–Crippen MR) is 75.4 cm³/mol. The molecule has 96 valence electrons. The molecule has 0 aliphatic heterocycles. The van der Waals surface area contributed by atoms with Crippen molar-refractivity contribution in [3.63, 3.8) is 0 Å². The van der Waals surface area contributed by atoms with Gasteiger partial charge in [0.2, 0.25) is 0 Å². The number of halogens is 1. The standard InChI is InChI=1S/C13H15ClN2OS/c1-9-16-7-11(18-9)8-17-13-4-3-10(6-15-2)5-12(13)14/h3-5,7,15H,6,8H2,1-2H3. The van der Waals surface area contributed by atoms with Crippen molar-refractivity contribution in [2.45, 2.75) is 20.1 Å². The number of benzene rings is 1. The molecule has 0 aliphatic carbocycles. The molecule has 0 aliphatic rings. The summed E-state index contributed by atoms with van der Waals surface area (Å²) in [7, 11) is 1.91. The van der Waals surface area contributed by atoms with Gasteiger partial charge in [0.05, 0.1) is 14.9 Å². The second-order valence-electron chi connectivity index (χ2n) is 3.93. The van der Waals surface area contributed by atoms with Crippen LogP contribution < -0.4 is 10.1 Å². The van der Waals surface area contributed by atoms with E-state index in [2.05, 4.69) is 10.3 Å². The van der Waals surface area contributed by atoms with Crippen LogP contribution in [-0.2, 0) is 13.2 Å². The molecule has 2 rings (SSSR count). The predicted octanol–water partition coefficient (Wildman–Crippen LogP) is 3.40. The second-order valence-corrected chi connectivity index (χ2v) is 5.66. The van der Waals surface area contributed by atoms with Gasteiger partial charge in [0.15, 0.2) is 0 Å². The van der Waals surface area contributed by atoms with Gasteiger partial charge in [-0.25, -0.2) is 4.98 Å². The number of nitrogens with one attached hydrogen (secondary N) is 1. The summed E-state index contributed by atoms with van der Waals surface area (Å²) in [5.41, 5.74) is 1.14. The van der Waals surface area contributed by atoms with Crippen LogP contribution in [0.3, 0.4) is 0 Å². The average molecular weight is 283 g/mol. The fourth-order valence-corrected chi connectivity index (χ4v) is 2.56. The monoisotopic (exact) mass is 282 g/mol. The molecule has 0 saturated heterocycles. The van der Waals surface area contributed by atoms with Crippen LogP contribution in [0.2, 0.25) is 5.02 Å². The molecule has 0 saturated carbocycles. The number of aromatic nitrogens is 1. The van der Waals surface area contributed by atoms with Gasteiger partial charge < -0.3 is 10.1 Å². The number of nitrogens with zero attached hydrogens (tertiary/aromatic N) is 1.